The van der Waals surface area contributed by atoms with Crippen molar-refractivity contribution in [2.24, 2.45) is 16.5 Å². The molecule has 11 heteroatoms. The summed E-state index contributed by atoms with van der Waals surface area (Å²) in [6.45, 7) is 1.16. The maximum Gasteiger partial charge on any atom is 0.272 e. The fourth-order valence-electron chi connectivity index (χ4n) is 1.73. The SMILES string of the molecule is CC(=O)Nc1cc([N+](=O)[O-])cc(-c2csc(N=C(N)N)n2)c1F. The Kier molecular flexibility index (Phi) is 4.50. The van der Waals surface area contributed by atoms with Gasteiger partial charge in [-0.3, -0.25) is 14.9 Å². The highest BCUT2D eigenvalue weighted by Crippen LogP contribution is 2.34. The quantitative estimate of drug-likeness (QED) is 0.334. The largest absolute Gasteiger partial charge is 0.370 e. The number of amides is 1. The normalized spacial score (nSPS) is 10.2. The summed E-state index contributed by atoms with van der Waals surface area (Å²) < 4.78 is 14.5. The Morgan fingerprint density at radius 1 is 1.48 bits per heavy atom. The number of thiazole rings is 1. The van der Waals surface area contributed by atoms with Gasteiger partial charge in [-0.25, -0.2) is 9.37 Å². The average Bonchev–Trinajstić information content (AvgIpc) is 2.87. The van der Waals surface area contributed by atoms with Gasteiger partial charge in [0.2, 0.25) is 11.0 Å². The number of carbonyl (C=O) groups is 1. The van der Waals surface area contributed by atoms with Gasteiger partial charge in [0.25, 0.3) is 5.69 Å². The summed E-state index contributed by atoms with van der Waals surface area (Å²) in [7, 11) is 0. The number of nitrogens with zero attached hydrogens (tertiary/aromatic N) is 3. The molecule has 0 aliphatic heterocycles. The first-order valence-corrected chi connectivity index (χ1v) is 6.97. The number of nitro groups is 1. The third kappa shape index (κ3) is 3.77. The highest BCUT2D eigenvalue weighted by atomic mass is 32.1. The number of nitro benzene ring substituents is 1. The number of nitrogens with two attached hydrogens (primary N) is 2. The van der Waals surface area contributed by atoms with E-state index < -0.39 is 16.6 Å². The zero-order valence-corrected chi connectivity index (χ0v) is 12.6. The minimum atomic E-state index is -0.840. The Hall–Kier alpha value is -3.08. The van der Waals surface area contributed by atoms with Crippen molar-refractivity contribution in [2.45, 2.75) is 6.92 Å². The Bertz CT molecular complexity index is 815. The van der Waals surface area contributed by atoms with Crippen LogP contribution >= 0.6 is 11.3 Å². The lowest BCUT2D eigenvalue weighted by Gasteiger charge is -2.07. The van der Waals surface area contributed by atoms with E-state index >= 15 is 0 Å². The molecule has 2 aromatic rings. The van der Waals surface area contributed by atoms with Crippen LogP contribution in [0.5, 0.6) is 0 Å². The maximum atomic E-state index is 14.5. The highest BCUT2D eigenvalue weighted by molar-refractivity contribution is 7.13. The van der Waals surface area contributed by atoms with Gasteiger partial charge in [0.1, 0.15) is 0 Å². The van der Waals surface area contributed by atoms with Crippen LogP contribution in [0.2, 0.25) is 0 Å². The van der Waals surface area contributed by atoms with E-state index in [1.165, 1.54) is 5.38 Å². The molecular formula is C12H11FN6O3S. The van der Waals surface area contributed by atoms with Gasteiger partial charge < -0.3 is 16.8 Å². The number of aliphatic imine (C=N–C) groups is 1. The van der Waals surface area contributed by atoms with E-state index in [1.807, 2.05) is 0 Å². The van der Waals surface area contributed by atoms with E-state index in [2.05, 4.69) is 15.3 Å². The molecule has 0 fully saturated rings. The Morgan fingerprint density at radius 2 is 2.17 bits per heavy atom. The summed E-state index contributed by atoms with van der Waals surface area (Å²) in [5.41, 5.74) is 9.73. The third-order valence-electron chi connectivity index (χ3n) is 2.57. The fraction of sp³-hybridized carbons (Fsp3) is 0.0833. The Balaban J connectivity index is 2.58. The summed E-state index contributed by atoms with van der Waals surface area (Å²) in [5.74, 6) is -1.62. The molecule has 1 aromatic heterocycles. The zero-order chi connectivity index (χ0) is 17.1. The van der Waals surface area contributed by atoms with Crippen LogP contribution in [-0.2, 0) is 4.79 Å². The second-order valence-electron chi connectivity index (χ2n) is 4.35. The molecule has 0 saturated heterocycles. The maximum absolute atomic E-state index is 14.5. The van der Waals surface area contributed by atoms with E-state index in [4.69, 9.17) is 11.5 Å². The molecule has 0 atom stereocenters. The number of rotatable bonds is 4. The number of guanidine groups is 1. The lowest BCUT2D eigenvalue weighted by atomic mass is 10.1. The molecule has 1 amide bonds. The molecule has 23 heavy (non-hydrogen) atoms. The van der Waals surface area contributed by atoms with E-state index in [0.29, 0.717) is 0 Å². The predicted octanol–water partition coefficient (Wildman–Crippen LogP) is 1.72. The smallest absolute Gasteiger partial charge is 0.272 e. The summed E-state index contributed by atoms with van der Waals surface area (Å²) in [6.07, 6.45) is 0. The second kappa shape index (κ2) is 6.36. The molecule has 0 aliphatic rings. The number of benzene rings is 1. The molecule has 9 nitrogen and oxygen atoms in total. The van der Waals surface area contributed by atoms with Crippen LogP contribution in [-0.4, -0.2) is 21.8 Å². The summed E-state index contributed by atoms with van der Waals surface area (Å²) >= 11 is 1.03. The molecule has 0 spiro atoms. The average molecular weight is 338 g/mol. The molecule has 0 aliphatic carbocycles. The second-order valence-corrected chi connectivity index (χ2v) is 5.18. The van der Waals surface area contributed by atoms with Gasteiger partial charge >= 0.3 is 0 Å². The topological polar surface area (TPSA) is 150 Å². The highest BCUT2D eigenvalue weighted by Gasteiger charge is 2.20. The van der Waals surface area contributed by atoms with Crippen LogP contribution in [0.1, 0.15) is 6.92 Å². The molecule has 0 radical (unpaired) electrons. The molecule has 120 valence electrons. The van der Waals surface area contributed by atoms with Crippen LogP contribution < -0.4 is 16.8 Å². The summed E-state index contributed by atoms with van der Waals surface area (Å²) in [6, 6.07) is 1.96. The van der Waals surface area contributed by atoms with Crippen molar-refractivity contribution < 1.29 is 14.1 Å². The van der Waals surface area contributed by atoms with Gasteiger partial charge in [0.15, 0.2) is 11.8 Å². The van der Waals surface area contributed by atoms with Crippen molar-refractivity contribution in [3.8, 4) is 11.3 Å². The number of anilines is 1. The summed E-state index contributed by atoms with van der Waals surface area (Å²) in [4.78, 5) is 29.1. The van der Waals surface area contributed by atoms with E-state index in [9.17, 15) is 19.3 Å². The molecule has 2 rings (SSSR count). The van der Waals surface area contributed by atoms with Gasteiger partial charge in [0.05, 0.1) is 16.3 Å². The van der Waals surface area contributed by atoms with Gasteiger partial charge in [-0.2, -0.15) is 4.99 Å². The molecule has 0 saturated carbocycles. The Labute approximate surface area is 133 Å². The van der Waals surface area contributed by atoms with Gasteiger partial charge in [0, 0.05) is 30.0 Å². The van der Waals surface area contributed by atoms with Gasteiger partial charge in [-0.05, 0) is 0 Å². The van der Waals surface area contributed by atoms with Crippen LogP contribution in [0.25, 0.3) is 11.3 Å². The number of hydrogen-bond donors (Lipinski definition) is 3. The van der Waals surface area contributed by atoms with Crippen LogP contribution in [0.4, 0.5) is 20.9 Å². The van der Waals surface area contributed by atoms with E-state index in [-0.39, 0.29) is 33.7 Å². The predicted molar refractivity (Wildman–Crippen MR) is 83.9 cm³/mol. The van der Waals surface area contributed by atoms with Crippen LogP contribution in [0, 0.1) is 15.9 Å². The van der Waals surface area contributed by atoms with Crippen molar-refractivity contribution in [3.05, 3.63) is 33.4 Å². The number of non-ortho nitro benzene ring substituents is 1. The van der Waals surface area contributed by atoms with Crippen LogP contribution in [0.3, 0.4) is 0 Å². The van der Waals surface area contributed by atoms with Crippen molar-refractivity contribution in [1.29, 1.82) is 0 Å². The number of halogens is 1. The van der Waals surface area contributed by atoms with E-state index in [0.717, 1.165) is 30.4 Å². The van der Waals surface area contributed by atoms with Crippen molar-refractivity contribution in [1.82, 2.24) is 4.98 Å². The number of nitrogens with one attached hydrogen (secondary N) is 1. The zero-order valence-electron chi connectivity index (χ0n) is 11.7. The molecule has 5 N–H and O–H groups in total. The first kappa shape index (κ1) is 16.3. The first-order valence-electron chi connectivity index (χ1n) is 6.09. The minimum absolute atomic E-state index is 0.114. The Morgan fingerprint density at radius 3 is 2.74 bits per heavy atom. The van der Waals surface area contributed by atoms with Crippen molar-refractivity contribution in [2.75, 3.05) is 5.32 Å². The van der Waals surface area contributed by atoms with Gasteiger partial charge in [-0.15, -0.1) is 11.3 Å². The third-order valence-corrected chi connectivity index (χ3v) is 3.31. The standard InChI is InChI=1S/C12H11FN6O3S/c1-5(20)16-8-3-6(19(21)22)2-7(10(8)13)9-4-23-12(17-9)18-11(14)15/h2-4H,1H3,(H,16,20)(H4,14,15,17,18). The van der Waals surface area contributed by atoms with Crippen LogP contribution in [0.15, 0.2) is 22.5 Å². The fourth-order valence-corrected chi connectivity index (χ4v) is 2.44. The number of hydrogen-bond acceptors (Lipinski definition) is 6. The van der Waals surface area contributed by atoms with Gasteiger partial charge in [-0.1, -0.05) is 0 Å². The molecule has 1 aromatic carbocycles. The molecule has 1 heterocycles. The monoisotopic (exact) mass is 338 g/mol. The van der Waals surface area contributed by atoms with E-state index in [1.54, 1.807) is 0 Å². The number of aromatic nitrogens is 1. The molecule has 0 bridgehead atoms. The van der Waals surface area contributed by atoms with Crippen molar-refractivity contribution in [3.63, 3.8) is 0 Å². The minimum Gasteiger partial charge on any atom is -0.370 e. The van der Waals surface area contributed by atoms with Crippen molar-refractivity contribution >= 4 is 39.7 Å². The first-order chi connectivity index (χ1) is 10.8. The summed E-state index contributed by atoms with van der Waals surface area (Å²) in [5, 5.41) is 14.8. The lowest BCUT2D eigenvalue weighted by molar-refractivity contribution is -0.384. The lowest BCUT2D eigenvalue weighted by Crippen LogP contribution is -2.21. The number of carbonyl (C=O) groups excluding carboxylic acids is 1. The molecular weight excluding hydrogens is 327 g/mol. The molecule has 0 unspecified atom stereocenters.